The number of likely N-dealkylation sites (tertiary alicyclic amines) is 1. The second-order valence-electron chi connectivity index (χ2n) is 6.10. The molecule has 0 radical (unpaired) electrons. The molecule has 1 fully saturated rings. The van der Waals surface area contributed by atoms with Crippen LogP contribution >= 0.6 is 0 Å². The highest BCUT2D eigenvalue weighted by atomic mass is 16.2. The highest BCUT2D eigenvalue weighted by molar-refractivity contribution is 5.78. The van der Waals surface area contributed by atoms with E-state index < -0.39 is 0 Å². The van der Waals surface area contributed by atoms with Crippen molar-refractivity contribution in [1.29, 1.82) is 0 Å². The Hall–Kier alpha value is -1.39. The molecule has 0 spiro atoms. The van der Waals surface area contributed by atoms with E-state index in [0.717, 1.165) is 32.5 Å². The lowest BCUT2D eigenvalue weighted by Crippen LogP contribution is -2.46. The zero-order valence-electron chi connectivity index (χ0n) is 13.2. The molecule has 1 saturated heterocycles. The summed E-state index contributed by atoms with van der Waals surface area (Å²) in [5, 5.41) is 0. The predicted octanol–water partition coefficient (Wildman–Crippen LogP) is 1.85. The second-order valence-corrected chi connectivity index (χ2v) is 6.10. The summed E-state index contributed by atoms with van der Waals surface area (Å²) in [7, 11) is 0. The van der Waals surface area contributed by atoms with Gasteiger partial charge in [-0.25, -0.2) is 0 Å². The van der Waals surface area contributed by atoms with Crippen molar-refractivity contribution in [2.24, 2.45) is 5.73 Å². The Morgan fingerprint density at radius 1 is 1.38 bits per heavy atom. The quantitative estimate of drug-likeness (QED) is 0.869. The first kappa shape index (κ1) is 16.0. The Morgan fingerprint density at radius 2 is 2.10 bits per heavy atom. The minimum Gasteiger partial charge on any atom is -0.337 e. The van der Waals surface area contributed by atoms with Gasteiger partial charge in [0.15, 0.2) is 0 Å². The number of benzene rings is 1. The molecule has 1 amide bonds. The fraction of sp³-hybridized carbons (Fsp3) is 0.588. The first-order valence-corrected chi connectivity index (χ1v) is 7.89. The van der Waals surface area contributed by atoms with Gasteiger partial charge in [0.05, 0.1) is 6.54 Å². The fourth-order valence-electron chi connectivity index (χ4n) is 3.02. The van der Waals surface area contributed by atoms with E-state index in [-0.39, 0.29) is 12.5 Å². The van der Waals surface area contributed by atoms with Crippen LogP contribution in [-0.2, 0) is 11.3 Å². The van der Waals surface area contributed by atoms with Crippen LogP contribution in [-0.4, -0.2) is 47.4 Å². The molecule has 0 aromatic heterocycles. The van der Waals surface area contributed by atoms with E-state index in [4.69, 9.17) is 5.73 Å². The molecule has 4 heteroatoms. The molecular formula is C17H27N3O. The summed E-state index contributed by atoms with van der Waals surface area (Å²) < 4.78 is 0. The number of nitrogens with two attached hydrogens (primary N) is 1. The molecule has 2 rings (SSSR count). The normalized spacial score (nSPS) is 18.7. The standard InChI is InChI=1S/C17H27N3O/c1-14(2)19(12-15-7-4-3-5-8-15)13-16-9-6-10-20(16)17(21)11-18/h3-5,7-8,14,16H,6,9-13,18H2,1-2H3/t16-/m0/s1. The molecule has 116 valence electrons. The van der Waals surface area contributed by atoms with Crippen molar-refractivity contribution in [3.63, 3.8) is 0 Å². The summed E-state index contributed by atoms with van der Waals surface area (Å²) in [4.78, 5) is 16.3. The predicted molar refractivity (Wildman–Crippen MR) is 85.8 cm³/mol. The average Bonchev–Trinajstić information content (AvgIpc) is 2.95. The molecule has 2 N–H and O–H groups in total. The summed E-state index contributed by atoms with van der Waals surface area (Å²) in [6.07, 6.45) is 2.18. The molecular weight excluding hydrogens is 262 g/mol. The van der Waals surface area contributed by atoms with Gasteiger partial charge in [-0.05, 0) is 32.3 Å². The molecule has 0 saturated carbocycles. The van der Waals surface area contributed by atoms with Crippen LogP contribution in [0.3, 0.4) is 0 Å². The van der Waals surface area contributed by atoms with E-state index in [9.17, 15) is 4.79 Å². The Labute approximate surface area is 127 Å². The number of nitrogens with zero attached hydrogens (tertiary/aromatic N) is 2. The monoisotopic (exact) mass is 289 g/mol. The van der Waals surface area contributed by atoms with Crippen molar-refractivity contribution in [3.05, 3.63) is 35.9 Å². The van der Waals surface area contributed by atoms with Crippen LogP contribution in [0.5, 0.6) is 0 Å². The minimum absolute atomic E-state index is 0.0842. The molecule has 0 aliphatic carbocycles. The van der Waals surface area contributed by atoms with E-state index in [1.54, 1.807) is 0 Å². The second kappa shape index (κ2) is 7.57. The zero-order chi connectivity index (χ0) is 15.2. The summed E-state index contributed by atoms with van der Waals surface area (Å²) in [6.45, 7) is 7.27. The van der Waals surface area contributed by atoms with Crippen molar-refractivity contribution in [1.82, 2.24) is 9.80 Å². The van der Waals surface area contributed by atoms with Crippen LogP contribution in [0.4, 0.5) is 0 Å². The Kier molecular flexibility index (Phi) is 5.76. The van der Waals surface area contributed by atoms with Crippen LogP contribution < -0.4 is 5.73 Å². The largest absolute Gasteiger partial charge is 0.337 e. The van der Waals surface area contributed by atoms with Crippen molar-refractivity contribution in [2.75, 3.05) is 19.6 Å². The summed E-state index contributed by atoms with van der Waals surface area (Å²) in [5.41, 5.74) is 6.84. The Morgan fingerprint density at radius 3 is 2.71 bits per heavy atom. The van der Waals surface area contributed by atoms with Gasteiger partial charge in [-0.1, -0.05) is 30.3 Å². The maximum absolute atomic E-state index is 11.9. The van der Waals surface area contributed by atoms with Crippen LogP contribution in [0.1, 0.15) is 32.3 Å². The van der Waals surface area contributed by atoms with Crippen LogP contribution in [0.25, 0.3) is 0 Å². The number of rotatable bonds is 6. The first-order valence-electron chi connectivity index (χ1n) is 7.89. The summed E-state index contributed by atoms with van der Waals surface area (Å²) in [5.74, 6) is 0.0842. The fourth-order valence-corrected chi connectivity index (χ4v) is 3.02. The van der Waals surface area contributed by atoms with E-state index in [2.05, 4.69) is 43.0 Å². The zero-order valence-corrected chi connectivity index (χ0v) is 13.2. The minimum atomic E-state index is 0.0842. The Bertz CT molecular complexity index is 447. The Balaban J connectivity index is 2.01. The number of hydrogen-bond donors (Lipinski definition) is 1. The third kappa shape index (κ3) is 4.29. The van der Waals surface area contributed by atoms with E-state index >= 15 is 0 Å². The lowest BCUT2D eigenvalue weighted by Gasteiger charge is -2.33. The molecule has 1 aliphatic heterocycles. The summed E-state index contributed by atoms with van der Waals surface area (Å²) in [6, 6.07) is 11.3. The van der Waals surface area contributed by atoms with E-state index in [1.165, 1.54) is 5.56 Å². The van der Waals surface area contributed by atoms with Crippen LogP contribution in [0.15, 0.2) is 30.3 Å². The van der Waals surface area contributed by atoms with Crippen molar-refractivity contribution in [2.45, 2.75) is 45.3 Å². The maximum atomic E-state index is 11.9. The van der Waals surface area contributed by atoms with Crippen molar-refractivity contribution >= 4 is 5.91 Å². The van der Waals surface area contributed by atoms with Gasteiger partial charge in [0.2, 0.25) is 5.91 Å². The lowest BCUT2D eigenvalue weighted by molar-refractivity contribution is -0.130. The molecule has 1 aromatic carbocycles. The van der Waals surface area contributed by atoms with Crippen molar-refractivity contribution < 1.29 is 4.79 Å². The number of amides is 1. The number of hydrogen-bond acceptors (Lipinski definition) is 3. The van der Waals surface area contributed by atoms with Gasteiger partial charge in [-0.2, -0.15) is 0 Å². The highest BCUT2D eigenvalue weighted by Gasteiger charge is 2.29. The van der Waals surface area contributed by atoms with Gasteiger partial charge in [-0.3, -0.25) is 9.69 Å². The third-order valence-corrected chi connectivity index (χ3v) is 4.28. The molecule has 1 heterocycles. The smallest absolute Gasteiger partial charge is 0.236 e. The topological polar surface area (TPSA) is 49.6 Å². The molecule has 1 aliphatic rings. The number of carbonyl (C=O) groups excluding carboxylic acids is 1. The average molecular weight is 289 g/mol. The van der Waals surface area contributed by atoms with E-state index in [0.29, 0.717) is 12.1 Å². The third-order valence-electron chi connectivity index (χ3n) is 4.28. The molecule has 4 nitrogen and oxygen atoms in total. The van der Waals surface area contributed by atoms with Crippen LogP contribution in [0, 0.1) is 0 Å². The molecule has 1 aromatic rings. The van der Waals surface area contributed by atoms with Gasteiger partial charge < -0.3 is 10.6 Å². The van der Waals surface area contributed by atoms with Crippen molar-refractivity contribution in [3.8, 4) is 0 Å². The summed E-state index contributed by atoms with van der Waals surface area (Å²) >= 11 is 0. The van der Waals surface area contributed by atoms with Gasteiger partial charge in [0, 0.05) is 31.7 Å². The maximum Gasteiger partial charge on any atom is 0.236 e. The molecule has 21 heavy (non-hydrogen) atoms. The van der Waals surface area contributed by atoms with Crippen LogP contribution in [0.2, 0.25) is 0 Å². The lowest BCUT2D eigenvalue weighted by atomic mass is 10.1. The van der Waals surface area contributed by atoms with Gasteiger partial charge in [0.1, 0.15) is 0 Å². The van der Waals surface area contributed by atoms with Gasteiger partial charge in [0.25, 0.3) is 0 Å². The number of carbonyl (C=O) groups is 1. The van der Waals surface area contributed by atoms with Gasteiger partial charge in [-0.15, -0.1) is 0 Å². The molecule has 1 atom stereocenters. The van der Waals surface area contributed by atoms with E-state index in [1.807, 2.05) is 11.0 Å². The van der Waals surface area contributed by atoms with Gasteiger partial charge >= 0.3 is 0 Å². The SMILES string of the molecule is CC(C)N(Cc1ccccc1)C[C@@H]1CCCN1C(=O)CN. The first-order chi connectivity index (χ1) is 10.1. The molecule has 0 unspecified atom stereocenters. The highest BCUT2D eigenvalue weighted by Crippen LogP contribution is 2.20. The molecule has 0 bridgehead atoms.